The van der Waals surface area contributed by atoms with Crippen molar-refractivity contribution < 1.29 is 37.1 Å². The Bertz CT molecular complexity index is 1380. The van der Waals surface area contributed by atoms with Crippen LogP contribution in [0.15, 0.2) is 21.1 Å². The minimum atomic E-state index is -4.80. The van der Waals surface area contributed by atoms with Gasteiger partial charge in [0, 0.05) is 18.5 Å². The number of aryl methyl sites for hydroxylation is 1. The number of Topliss-reactive ketones (excluding diaryl/α,β-unsaturated/α-hetero) is 1. The topological polar surface area (TPSA) is 110 Å². The maximum atomic E-state index is 14.2. The molecule has 0 spiro atoms. The Morgan fingerprint density at radius 1 is 0.583 bits per heavy atom. The minimum absolute atomic E-state index is 0.0734. The highest BCUT2D eigenvalue weighted by Crippen LogP contribution is 2.37. The summed E-state index contributed by atoms with van der Waals surface area (Å²) in [7, 11) is 0. The molecule has 0 saturated carbocycles. The Hall–Kier alpha value is -2.91. The highest BCUT2D eigenvalue weighted by atomic mass is 19.4. The van der Waals surface area contributed by atoms with Crippen LogP contribution in [0.25, 0.3) is 5.57 Å². The maximum Gasteiger partial charge on any atom is 0.393 e. The number of hydrogen-bond donors (Lipinski definition) is 2. The summed E-state index contributed by atoms with van der Waals surface area (Å²) in [5.41, 5.74) is -1.89. The average molecular weight is 851 g/mol. The van der Waals surface area contributed by atoms with Gasteiger partial charge in [0.05, 0.1) is 17.6 Å². The molecule has 60 heavy (non-hydrogen) atoms. The van der Waals surface area contributed by atoms with E-state index in [4.69, 9.17) is 4.42 Å². The average Bonchev–Trinajstić information content (AvgIpc) is 3.59. The fourth-order valence-corrected chi connectivity index (χ4v) is 7.99. The van der Waals surface area contributed by atoms with E-state index in [0.717, 1.165) is 44.9 Å². The molecule has 0 bridgehead atoms. The van der Waals surface area contributed by atoms with E-state index in [0.29, 0.717) is 12.8 Å². The predicted molar refractivity (Wildman–Crippen MR) is 241 cm³/mol. The second-order valence-corrected chi connectivity index (χ2v) is 17.4. The summed E-state index contributed by atoms with van der Waals surface area (Å²) >= 11 is 0. The number of carboxylic acid groups (broad SMARTS) is 1. The zero-order valence-corrected chi connectivity index (χ0v) is 38.7. The van der Waals surface area contributed by atoms with Crippen molar-refractivity contribution in [3.05, 3.63) is 34.1 Å². The van der Waals surface area contributed by atoms with Crippen LogP contribution in [-0.4, -0.2) is 40.5 Å². The van der Waals surface area contributed by atoms with Gasteiger partial charge < -0.3 is 14.8 Å². The SMILES string of the molecule is CCCCCCCCCCCCCCCCCCNC(=O)C(C(C(=O)O)=C(C)C)=C(CC(F)(F)F)c1nc(C(=O)CCCCCCCCCCCCCCCCC)oc1C. The number of amides is 1. The summed E-state index contributed by atoms with van der Waals surface area (Å²) in [4.78, 5) is 43.5. The number of carbonyl (C=O) groups excluding carboxylic acids is 2. The number of nitrogens with one attached hydrogen (secondary N) is 1. The molecule has 0 fully saturated rings. The molecule has 0 unspecified atom stereocenters. The van der Waals surface area contributed by atoms with Crippen LogP contribution in [0.3, 0.4) is 0 Å². The number of halogens is 3. The number of allylic oxidation sites excluding steroid dienone is 2. The van der Waals surface area contributed by atoms with Crippen LogP contribution in [-0.2, 0) is 9.59 Å². The summed E-state index contributed by atoms with van der Waals surface area (Å²) in [5.74, 6) is -3.26. The fourth-order valence-electron chi connectivity index (χ4n) is 7.99. The first-order valence-corrected chi connectivity index (χ1v) is 24.3. The van der Waals surface area contributed by atoms with Crippen LogP contribution in [0, 0.1) is 6.92 Å². The Morgan fingerprint density at radius 3 is 1.30 bits per heavy atom. The number of unbranched alkanes of at least 4 members (excludes halogenated alkanes) is 29. The summed E-state index contributed by atoms with van der Waals surface area (Å²) in [6.45, 7) is 8.95. The number of aliphatic carboxylic acids is 1. The third-order valence-corrected chi connectivity index (χ3v) is 11.5. The lowest BCUT2D eigenvalue weighted by Gasteiger charge is -2.18. The van der Waals surface area contributed by atoms with E-state index in [9.17, 15) is 32.7 Å². The maximum absolute atomic E-state index is 14.2. The number of ketones is 1. The van der Waals surface area contributed by atoms with Gasteiger partial charge >= 0.3 is 12.1 Å². The largest absolute Gasteiger partial charge is 0.478 e. The van der Waals surface area contributed by atoms with Crippen molar-refractivity contribution in [1.82, 2.24) is 10.3 Å². The highest BCUT2D eigenvalue weighted by molar-refractivity contribution is 6.14. The number of alkyl halides is 3. The summed E-state index contributed by atoms with van der Waals surface area (Å²) in [6.07, 6.45) is 30.6. The smallest absolute Gasteiger partial charge is 0.393 e. The number of carbonyl (C=O) groups is 3. The first kappa shape index (κ1) is 55.1. The van der Waals surface area contributed by atoms with E-state index in [1.54, 1.807) is 0 Å². The first-order valence-electron chi connectivity index (χ1n) is 24.3. The van der Waals surface area contributed by atoms with Crippen molar-refractivity contribution in [2.24, 2.45) is 0 Å². The molecule has 0 aliphatic heterocycles. The molecule has 0 atom stereocenters. The molecule has 0 radical (unpaired) electrons. The number of nitrogens with zero attached hydrogens (tertiary/aromatic N) is 1. The van der Waals surface area contributed by atoms with Crippen LogP contribution in [0.4, 0.5) is 13.2 Å². The van der Waals surface area contributed by atoms with Crippen molar-refractivity contribution in [1.29, 1.82) is 0 Å². The monoisotopic (exact) mass is 851 g/mol. The molecular formula is C50H85F3N2O5. The second-order valence-electron chi connectivity index (χ2n) is 17.4. The van der Waals surface area contributed by atoms with Gasteiger partial charge in [0.2, 0.25) is 5.78 Å². The molecule has 0 aliphatic rings. The Kier molecular flexibility index (Phi) is 31.8. The lowest BCUT2D eigenvalue weighted by molar-refractivity contribution is -0.133. The lowest BCUT2D eigenvalue weighted by Crippen LogP contribution is -2.30. The van der Waals surface area contributed by atoms with Gasteiger partial charge in [-0.05, 0) is 33.6 Å². The van der Waals surface area contributed by atoms with E-state index in [-0.39, 0.29) is 35.9 Å². The van der Waals surface area contributed by atoms with E-state index in [2.05, 4.69) is 24.1 Å². The lowest BCUT2D eigenvalue weighted by atomic mass is 9.91. The Balaban J connectivity index is 2.73. The first-order chi connectivity index (χ1) is 28.8. The third kappa shape index (κ3) is 26.4. The third-order valence-electron chi connectivity index (χ3n) is 11.5. The van der Waals surface area contributed by atoms with Crippen LogP contribution < -0.4 is 5.32 Å². The molecule has 1 rings (SSSR count). The molecule has 10 heteroatoms. The molecular weight excluding hydrogens is 766 g/mol. The van der Waals surface area contributed by atoms with Crippen LogP contribution in [0.2, 0.25) is 0 Å². The van der Waals surface area contributed by atoms with Gasteiger partial charge in [0.1, 0.15) is 11.5 Å². The van der Waals surface area contributed by atoms with E-state index >= 15 is 0 Å². The predicted octanol–water partition coefficient (Wildman–Crippen LogP) is 15.9. The number of rotatable bonds is 39. The zero-order valence-electron chi connectivity index (χ0n) is 38.7. The van der Waals surface area contributed by atoms with Gasteiger partial charge in [-0.15, -0.1) is 0 Å². The molecule has 7 nitrogen and oxygen atoms in total. The molecule has 0 aliphatic carbocycles. The zero-order chi connectivity index (χ0) is 44.4. The van der Waals surface area contributed by atoms with Crippen molar-refractivity contribution in [2.45, 2.75) is 253 Å². The summed E-state index contributed by atoms with van der Waals surface area (Å²) in [5, 5.41) is 12.8. The quantitative estimate of drug-likeness (QED) is 0.0295. The van der Waals surface area contributed by atoms with E-state index in [1.165, 1.54) is 162 Å². The minimum Gasteiger partial charge on any atom is -0.478 e. The Labute approximate surface area is 363 Å². The normalized spacial score (nSPS) is 12.1. The molecule has 2 N–H and O–H groups in total. The van der Waals surface area contributed by atoms with Crippen LogP contribution in [0.1, 0.15) is 262 Å². The molecule has 1 aromatic heterocycles. The number of aromatic nitrogens is 1. The van der Waals surface area contributed by atoms with Gasteiger partial charge in [-0.3, -0.25) is 9.59 Å². The summed E-state index contributed by atoms with van der Waals surface area (Å²) < 4.78 is 48.1. The molecule has 1 amide bonds. The molecule has 0 aromatic carbocycles. The number of carboxylic acids is 1. The summed E-state index contributed by atoms with van der Waals surface area (Å²) in [6, 6.07) is 0. The van der Waals surface area contributed by atoms with Gasteiger partial charge in [-0.1, -0.05) is 206 Å². The van der Waals surface area contributed by atoms with E-state index < -0.39 is 47.0 Å². The van der Waals surface area contributed by atoms with E-state index in [1.807, 2.05) is 0 Å². The highest BCUT2D eigenvalue weighted by Gasteiger charge is 2.37. The van der Waals surface area contributed by atoms with Crippen molar-refractivity contribution in [3.63, 3.8) is 0 Å². The molecule has 1 heterocycles. The van der Waals surface area contributed by atoms with Gasteiger partial charge in [-0.2, -0.15) is 13.2 Å². The van der Waals surface area contributed by atoms with Crippen LogP contribution in [0.5, 0.6) is 0 Å². The van der Waals surface area contributed by atoms with Gasteiger partial charge in [0.25, 0.3) is 11.8 Å². The second kappa shape index (κ2) is 34.7. The fraction of sp³-hybridized carbons (Fsp3) is 0.800. The van der Waals surface area contributed by atoms with Crippen molar-refractivity contribution >= 4 is 23.2 Å². The number of hydrogen-bond acceptors (Lipinski definition) is 5. The molecule has 346 valence electrons. The Morgan fingerprint density at radius 2 is 0.950 bits per heavy atom. The van der Waals surface area contributed by atoms with Crippen molar-refractivity contribution in [3.8, 4) is 0 Å². The van der Waals surface area contributed by atoms with Gasteiger partial charge in [0.15, 0.2) is 0 Å². The molecule has 1 aromatic rings. The number of oxazole rings is 1. The van der Waals surface area contributed by atoms with Crippen LogP contribution >= 0.6 is 0 Å². The standard InChI is InChI=1S/C50H85F3N2O5/c1-6-8-10-12-14-16-18-20-22-24-26-28-30-32-34-36-38-54-47(57)45(44(40(3)4)49(58)59)42(39-50(51,52)53)46-41(5)60-48(55-46)43(56)37-35-33-31-29-27-25-23-21-19-17-15-13-11-9-7-2/h6-39H2,1-5H3,(H,54,57)(H,58,59). The van der Waals surface area contributed by atoms with Gasteiger partial charge in [-0.25, -0.2) is 9.78 Å². The molecule has 0 saturated heterocycles. The van der Waals surface area contributed by atoms with Crippen molar-refractivity contribution in [2.75, 3.05) is 6.54 Å².